The van der Waals surface area contributed by atoms with E-state index in [9.17, 15) is 9.59 Å². The first-order valence-electron chi connectivity index (χ1n) is 7.65. The molecule has 0 bridgehead atoms. The maximum Gasteiger partial charge on any atom is 0.261 e. The second-order valence-electron chi connectivity index (χ2n) is 5.23. The molecule has 8 heteroatoms. The largest absolute Gasteiger partial charge is 0.497 e. The van der Waals surface area contributed by atoms with Crippen molar-refractivity contribution in [1.29, 1.82) is 0 Å². The number of benzene rings is 2. The summed E-state index contributed by atoms with van der Waals surface area (Å²) in [6.45, 7) is 1.43. The monoisotopic (exact) mass is 373 g/mol. The standard InChI is InChI=1S/C18H19N3O4S/c1-11(22)19-12-4-6-13(7-5-12)20-18(26)21-17(23)15-9-8-14(24-2)10-16(15)25-3/h4-10H,1-3H3,(H,19,22)(H2,20,21,23,26). The molecular formula is C18H19N3O4S. The molecule has 26 heavy (non-hydrogen) atoms. The van der Waals surface area contributed by atoms with Gasteiger partial charge in [0, 0.05) is 24.4 Å². The van der Waals surface area contributed by atoms with Gasteiger partial charge in [0.2, 0.25) is 5.91 Å². The summed E-state index contributed by atoms with van der Waals surface area (Å²) in [5, 5.41) is 8.31. The van der Waals surface area contributed by atoms with Crippen LogP contribution in [0.15, 0.2) is 42.5 Å². The Hall–Kier alpha value is -3.13. The number of carbonyl (C=O) groups is 2. The van der Waals surface area contributed by atoms with E-state index in [0.717, 1.165) is 0 Å². The fourth-order valence-electron chi connectivity index (χ4n) is 2.16. The number of anilines is 2. The van der Waals surface area contributed by atoms with E-state index >= 15 is 0 Å². The summed E-state index contributed by atoms with van der Waals surface area (Å²) in [7, 11) is 3.00. The predicted molar refractivity (Wildman–Crippen MR) is 104 cm³/mol. The number of amides is 2. The van der Waals surface area contributed by atoms with Crippen molar-refractivity contribution in [2.45, 2.75) is 6.92 Å². The van der Waals surface area contributed by atoms with Crippen LogP contribution in [-0.4, -0.2) is 31.1 Å². The van der Waals surface area contributed by atoms with Crippen LogP contribution in [0.4, 0.5) is 11.4 Å². The molecule has 0 fully saturated rings. The summed E-state index contributed by atoms with van der Waals surface area (Å²) < 4.78 is 10.3. The first-order chi connectivity index (χ1) is 12.4. The van der Waals surface area contributed by atoms with Gasteiger partial charge in [0.15, 0.2) is 5.11 Å². The van der Waals surface area contributed by atoms with Gasteiger partial charge in [-0.15, -0.1) is 0 Å². The average molecular weight is 373 g/mol. The lowest BCUT2D eigenvalue weighted by Gasteiger charge is -2.13. The summed E-state index contributed by atoms with van der Waals surface area (Å²) >= 11 is 5.16. The lowest BCUT2D eigenvalue weighted by molar-refractivity contribution is -0.114. The number of thiocarbonyl (C=S) groups is 1. The van der Waals surface area contributed by atoms with E-state index in [1.807, 2.05) is 0 Å². The molecular weight excluding hydrogens is 354 g/mol. The number of hydrogen-bond donors (Lipinski definition) is 3. The van der Waals surface area contributed by atoms with Crippen LogP contribution in [0.1, 0.15) is 17.3 Å². The fourth-order valence-corrected chi connectivity index (χ4v) is 2.37. The molecule has 3 N–H and O–H groups in total. The zero-order chi connectivity index (χ0) is 19.1. The van der Waals surface area contributed by atoms with Crippen molar-refractivity contribution in [2.75, 3.05) is 24.9 Å². The molecule has 136 valence electrons. The van der Waals surface area contributed by atoms with E-state index in [1.54, 1.807) is 42.5 Å². The molecule has 2 aromatic carbocycles. The Kier molecular flexibility index (Phi) is 6.51. The van der Waals surface area contributed by atoms with Crippen molar-refractivity contribution in [3.05, 3.63) is 48.0 Å². The molecule has 0 aliphatic rings. The second kappa shape index (κ2) is 8.82. The van der Waals surface area contributed by atoms with E-state index in [1.165, 1.54) is 21.1 Å². The molecule has 0 aliphatic carbocycles. The maximum atomic E-state index is 12.4. The molecule has 0 aliphatic heterocycles. The van der Waals surface area contributed by atoms with Gasteiger partial charge in [0.25, 0.3) is 5.91 Å². The Labute approximate surface area is 156 Å². The number of carbonyl (C=O) groups excluding carboxylic acids is 2. The van der Waals surface area contributed by atoms with Crippen molar-refractivity contribution in [3.63, 3.8) is 0 Å². The van der Waals surface area contributed by atoms with Crippen molar-refractivity contribution in [3.8, 4) is 11.5 Å². The van der Waals surface area contributed by atoms with Crippen LogP contribution in [0.2, 0.25) is 0 Å². The van der Waals surface area contributed by atoms with Crippen molar-refractivity contribution in [2.24, 2.45) is 0 Å². The summed E-state index contributed by atoms with van der Waals surface area (Å²) in [5.41, 5.74) is 1.67. The van der Waals surface area contributed by atoms with E-state index < -0.39 is 5.91 Å². The van der Waals surface area contributed by atoms with Gasteiger partial charge >= 0.3 is 0 Å². The summed E-state index contributed by atoms with van der Waals surface area (Å²) in [5.74, 6) is 0.404. The third-order valence-corrected chi connectivity index (χ3v) is 3.55. The molecule has 0 radical (unpaired) electrons. The normalized spacial score (nSPS) is 9.81. The lowest BCUT2D eigenvalue weighted by atomic mass is 10.2. The van der Waals surface area contributed by atoms with Crippen molar-refractivity contribution >= 4 is 40.5 Å². The van der Waals surface area contributed by atoms with E-state index in [0.29, 0.717) is 28.4 Å². The molecule has 2 aromatic rings. The molecule has 0 saturated heterocycles. The van der Waals surface area contributed by atoms with Crippen LogP contribution >= 0.6 is 12.2 Å². The van der Waals surface area contributed by atoms with Gasteiger partial charge in [-0.25, -0.2) is 0 Å². The topological polar surface area (TPSA) is 88.7 Å². The highest BCUT2D eigenvalue weighted by Gasteiger charge is 2.14. The van der Waals surface area contributed by atoms with Crippen LogP contribution in [0.25, 0.3) is 0 Å². The third-order valence-electron chi connectivity index (χ3n) is 3.34. The van der Waals surface area contributed by atoms with Gasteiger partial charge in [-0.05, 0) is 48.6 Å². The zero-order valence-corrected chi connectivity index (χ0v) is 15.4. The maximum absolute atomic E-state index is 12.4. The molecule has 0 unspecified atom stereocenters. The van der Waals surface area contributed by atoms with E-state index in [4.69, 9.17) is 21.7 Å². The minimum absolute atomic E-state index is 0.139. The van der Waals surface area contributed by atoms with E-state index in [-0.39, 0.29) is 11.0 Å². The van der Waals surface area contributed by atoms with Gasteiger partial charge in [-0.2, -0.15) is 0 Å². The number of hydrogen-bond acceptors (Lipinski definition) is 5. The Morgan fingerprint density at radius 1 is 0.923 bits per heavy atom. The average Bonchev–Trinajstić information content (AvgIpc) is 2.62. The molecule has 0 aromatic heterocycles. The molecule has 2 rings (SSSR count). The number of rotatable bonds is 5. The van der Waals surface area contributed by atoms with Gasteiger partial charge in [-0.3, -0.25) is 14.9 Å². The van der Waals surface area contributed by atoms with Crippen LogP contribution in [-0.2, 0) is 4.79 Å². The quantitative estimate of drug-likeness (QED) is 0.699. The van der Waals surface area contributed by atoms with Crippen molar-refractivity contribution < 1.29 is 19.1 Å². The molecule has 0 heterocycles. The third kappa shape index (κ3) is 5.18. The lowest BCUT2D eigenvalue weighted by Crippen LogP contribution is -2.34. The number of ether oxygens (including phenoxy) is 2. The highest BCUT2D eigenvalue weighted by molar-refractivity contribution is 7.80. The SMILES string of the molecule is COc1ccc(C(=O)NC(=S)Nc2ccc(NC(C)=O)cc2)c(OC)c1. The van der Waals surface area contributed by atoms with Crippen LogP contribution in [0.5, 0.6) is 11.5 Å². The summed E-state index contributed by atoms with van der Waals surface area (Å²) in [4.78, 5) is 23.4. The van der Waals surface area contributed by atoms with Gasteiger partial charge in [0.05, 0.1) is 19.8 Å². The summed E-state index contributed by atoms with van der Waals surface area (Å²) in [6, 6.07) is 11.8. The fraction of sp³-hybridized carbons (Fsp3) is 0.167. The smallest absolute Gasteiger partial charge is 0.261 e. The van der Waals surface area contributed by atoms with Crippen molar-refractivity contribution in [1.82, 2.24) is 5.32 Å². The predicted octanol–water partition coefficient (Wildman–Crippen LogP) is 2.79. The molecule has 7 nitrogen and oxygen atoms in total. The first kappa shape index (κ1) is 19.2. The Morgan fingerprint density at radius 2 is 1.54 bits per heavy atom. The number of methoxy groups -OCH3 is 2. The Balaban J connectivity index is 2.01. The Bertz CT molecular complexity index is 822. The highest BCUT2D eigenvalue weighted by atomic mass is 32.1. The van der Waals surface area contributed by atoms with Crippen LogP contribution < -0.4 is 25.4 Å². The minimum atomic E-state index is -0.406. The second-order valence-corrected chi connectivity index (χ2v) is 5.64. The Morgan fingerprint density at radius 3 is 2.08 bits per heavy atom. The van der Waals surface area contributed by atoms with Gasteiger partial charge in [0.1, 0.15) is 11.5 Å². The first-order valence-corrected chi connectivity index (χ1v) is 8.05. The highest BCUT2D eigenvalue weighted by Crippen LogP contribution is 2.24. The van der Waals surface area contributed by atoms with E-state index in [2.05, 4.69) is 16.0 Å². The summed E-state index contributed by atoms with van der Waals surface area (Å²) in [6.07, 6.45) is 0. The van der Waals surface area contributed by atoms with Crippen LogP contribution in [0.3, 0.4) is 0 Å². The molecule has 2 amide bonds. The zero-order valence-electron chi connectivity index (χ0n) is 14.6. The van der Waals surface area contributed by atoms with Gasteiger partial charge < -0.3 is 20.1 Å². The molecule has 0 atom stereocenters. The molecule has 0 saturated carbocycles. The molecule has 0 spiro atoms. The van der Waals surface area contributed by atoms with Crippen LogP contribution in [0, 0.1) is 0 Å². The van der Waals surface area contributed by atoms with Gasteiger partial charge in [-0.1, -0.05) is 0 Å². The number of nitrogens with one attached hydrogen (secondary N) is 3. The minimum Gasteiger partial charge on any atom is -0.497 e.